The first-order valence-corrected chi connectivity index (χ1v) is 8.45. The maximum absolute atomic E-state index is 2.35. The van der Waals surface area contributed by atoms with Gasteiger partial charge in [0.1, 0.15) is 0 Å². The van der Waals surface area contributed by atoms with Crippen LogP contribution in [0.25, 0.3) is 15.8 Å². The van der Waals surface area contributed by atoms with Crippen LogP contribution in [0.2, 0.25) is 0 Å². The minimum atomic E-state index is 0.0144. The molecule has 0 saturated heterocycles. The highest BCUT2D eigenvalue weighted by molar-refractivity contribution is 7.21. The molecular weight excluding hydrogens is 280 g/mol. The number of hydrogen-bond donors (Lipinski definition) is 0. The van der Waals surface area contributed by atoms with Crippen molar-refractivity contribution in [2.45, 2.75) is 12.3 Å². The monoisotopic (exact) mass is 294 g/mol. The SMILES string of the molecule is CC1(/C=C/c2ccccc2)c2ccsc2-c2sccc21. The zero-order valence-corrected chi connectivity index (χ0v) is 12.8. The van der Waals surface area contributed by atoms with Crippen molar-refractivity contribution in [3.8, 4) is 9.75 Å². The smallest absolute Gasteiger partial charge is 0.0489 e. The van der Waals surface area contributed by atoms with Crippen LogP contribution in [0.15, 0.2) is 59.3 Å². The summed E-state index contributed by atoms with van der Waals surface area (Å²) in [6.45, 7) is 2.33. The second-order valence-corrected chi connectivity index (χ2v) is 7.11. The van der Waals surface area contributed by atoms with Gasteiger partial charge in [0.25, 0.3) is 0 Å². The molecule has 1 aliphatic carbocycles. The van der Waals surface area contributed by atoms with Gasteiger partial charge in [0.15, 0.2) is 0 Å². The largest absolute Gasteiger partial charge is 0.143 e. The van der Waals surface area contributed by atoms with Crippen LogP contribution in [0.5, 0.6) is 0 Å². The molecule has 0 saturated carbocycles. The lowest BCUT2D eigenvalue weighted by Crippen LogP contribution is -2.15. The molecular formula is C18H14S2. The summed E-state index contributed by atoms with van der Waals surface area (Å²) in [5.74, 6) is 0. The van der Waals surface area contributed by atoms with Gasteiger partial charge in [-0.15, -0.1) is 22.7 Å². The quantitative estimate of drug-likeness (QED) is 0.559. The van der Waals surface area contributed by atoms with Gasteiger partial charge in [-0.25, -0.2) is 0 Å². The van der Waals surface area contributed by atoms with Gasteiger partial charge in [0.2, 0.25) is 0 Å². The topological polar surface area (TPSA) is 0 Å². The van der Waals surface area contributed by atoms with Crippen LogP contribution in [0.3, 0.4) is 0 Å². The van der Waals surface area contributed by atoms with E-state index in [9.17, 15) is 0 Å². The maximum Gasteiger partial charge on any atom is 0.0489 e. The van der Waals surface area contributed by atoms with Gasteiger partial charge >= 0.3 is 0 Å². The molecule has 2 heterocycles. The van der Waals surface area contributed by atoms with Crippen LogP contribution in [0, 0.1) is 0 Å². The van der Waals surface area contributed by atoms with E-state index in [4.69, 9.17) is 0 Å². The van der Waals surface area contributed by atoms with Crippen LogP contribution < -0.4 is 0 Å². The second kappa shape index (κ2) is 4.44. The maximum atomic E-state index is 2.35. The number of thiophene rings is 2. The highest BCUT2D eigenvalue weighted by atomic mass is 32.1. The number of benzene rings is 1. The van der Waals surface area contributed by atoms with E-state index in [0.717, 1.165) is 0 Å². The molecule has 0 fully saturated rings. The summed E-state index contributed by atoms with van der Waals surface area (Å²) in [6, 6.07) is 15.1. The van der Waals surface area contributed by atoms with Crippen molar-refractivity contribution in [1.29, 1.82) is 0 Å². The molecule has 0 radical (unpaired) electrons. The number of fused-ring (bicyclic) bond motifs is 3. The minimum absolute atomic E-state index is 0.0144. The molecule has 1 aliphatic rings. The zero-order chi connectivity index (χ0) is 13.6. The van der Waals surface area contributed by atoms with Gasteiger partial charge in [-0.05, 0) is 46.5 Å². The molecule has 20 heavy (non-hydrogen) atoms. The van der Waals surface area contributed by atoms with Crippen LogP contribution in [-0.4, -0.2) is 0 Å². The van der Waals surface area contributed by atoms with Gasteiger partial charge in [0, 0.05) is 15.2 Å². The Morgan fingerprint density at radius 3 is 2.05 bits per heavy atom. The molecule has 0 spiro atoms. The van der Waals surface area contributed by atoms with Crippen LogP contribution >= 0.6 is 22.7 Å². The van der Waals surface area contributed by atoms with Crippen LogP contribution in [0.4, 0.5) is 0 Å². The molecule has 2 aromatic heterocycles. The summed E-state index contributed by atoms with van der Waals surface area (Å²) in [6.07, 6.45) is 4.60. The molecule has 0 atom stereocenters. The van der Waals surface area contributed by atoms with Crippen LogP contribution in [-0.2, 0) is 5.41 Å². The predicted octanol–water partition coefficient (Wildman–Crippen LogP) is 5.81. The summed E-state index contributed by atoms with van der Waals surface area (Å²) >= 11 is 3.72. The Balaban J connectivity index is 1.84. The summed E-state index contributed by atoms with van der Waals surface area (Å²) in [4.78, 5) is 2.91. The van der Waals surface area contributed by atoms with E-state index >= 15 is 0 Å². The van der Waals surface area contributed by atoms with E-state index in [0.29, 0.717) is 0 Å². The number of allylic oxidation sites excluding steroid dienone is 1. The minimum Gasteiger partial charge on any atom is -0.143 e. The summed E-state index contributed by atoms with van der Waals surface area (Å²) < 4.78 is 0. The fraction of sp³-hybridized carbons (Fsp3) is 0.111. The van der Waals surface area contributed by atoms with Crippen molar-refractivity contribution >= 4 is 28.7 Å². The Bertz CT molecular complexity index is 734. The van der Waals surface area contributed by atoms with Crippen molar-refractivity contribution in [1.82, 2.24) is 0 Å². The second-order valence-electron chi connectivity index (χ2n) is 5.27. The lowest BCUT2D eigenvalue weighted by Gasteiger charge is -2.21. The molecule has 0 aliphatic heterocycles. The van der Waals surface area contributed by atoms with E-state index in [1.807, 2.05) is 22.7 Å². The first kappa shape index (κ1) is 12.1. The van der Waals surface area contributed by atoms with Gasteiger partial charge in [0.05, 0.1) is 0 Å². The highest BCUT2D eigenvalue weighted by Crippen LogP contribution is 2.54. The predicted molar refractivity (Wildman–Crippen MR) is 89.6 cm³/mol. The lowest BCUT2D eigenvalue weighted by molar-refractivity contribution is 0.755. The van der Waals surface area contributed by atoms with E-state index in [1.54, 1.807) is 0 Å². The average molecular weight is 294 g/mol. The van der Waals surface area contributed by atoms with Crippen molar-refractivity contribution in [3.63, 3.8) is 0 Å². The Morgan fingerprint density at radius 1 is 0.850 bits per heavy atom. The zero-order valence-electron chi connectivity index (χ0n) is 11.2. The molecule has 0 bridgehead atoms. The first-order chi connectivity index (χ1) is 9.79. The fourth-order valence-electron chi connectivity index (χ4n) is 2.94. The van der Waals surface area contributed by atoms with Crippen molar-refractivity contribution < 1.29 is 0 Å². The lowest BCUT2D eigenvalue weighted by atomic mass is 9.81. The summed E-state index contributed by atoms with van der Waals surface area (Å²) in [5, 5.41) is 4.42. The Kier molecular flexibility index (Phi) is 2.69. The molecule has 1 aromatic carbocycles. The Hall–Kier alpha value is -1.64. The standard InChI is InChI=1S/C18H14S2/c1-18(10-7-13-5-3-2-4-6-13)14-8-11-19-16(14)17-15(18)9-12-20-17/h2-12H,1H3/b10-7+. The summed E-state index contributed by atoms with van der Waals surface area (Å²) in [5.41, 5.74) is 4.18. The number of hydrogen-bond acceptors (Lipinski definition) is 2. The van der Waals surface area contributed by atoms with E-state index in [2.05, 4.69) is 72.3 Å². The Morgan fingerprint density at radius 2 is 1.45 bits per heavy atom. The van der Waals surface area contributed by atoms with Gasteiger partial charge in [-0.2, -0.15) is 0 Å². The molecule has 4 rings (SSSR count). The van der Waals surface area contributed by atoms with Gasteiger partial charge in [-0.1, -0.05) is 42.5 Å². The van der Waals surface area contributed by atoms with E-state index in [-0.39, 0.29) is 5.41 Å². The molecule has 0 amide bonds. The van der Waals surface area contributed by atoms with E-state index < -0.39 is 0 Å². The molecule has 2 heteroatoms. The van der Waals surface area contributed by atoms with Gasteiger partial charge < -0.3 is 0 Å². The molecule has 0 unspecified atom stereocenters. The first-order valence-electron chi connectivity index (χ1n) is 6.70. The average Bonchev–Trinajstić information content (AvgIpc) is 3.16. The fourth-order valence-corrected chi connectivity index (χ4v) is 5.16. The summed E-state index contributed by atoms with van der Waals surface area (Å²) in [7, 11) is 0. The van der Waals surface area contributed by atoms with Crippen molar-refractivity contribution in [2.75, 3.05) is 0 Å². The Labute approximate surface area is 127 Å². The molecule has 3 aromatic rings. The third-order valence-electron chi connectivity index (χ3n) is 4.06. The van der Waals surface area contributed by atoms with E-state index in [1.165, 1.54) is 26.4 Å². The third kappa shape index (κ3) is 1.65. The highest BCUT2D eigenvalue weighted by Gasteiger charge is 2.39. The normalized spacial score (nSPS) is 15.4. The van der Waals surface area contributed by atoms with Crippen molar-refractivity contribution in [3.05, 3.63) is 76.0 Å². The molecule has 0 nitrogen and oxygen atoms in total. The third-order valence-corrected chi connectivity index (χ3v) is 6.06. The number of rotatable bonds is 2. The molecule has 0 N–H and O–H groups in total. The van der Waals surface area contributed by atoms with Crippen molar-refractivity contribution in [2.24, 2.45) is 0 Å². The van der Waals surface area contributed by atoms with Gasteiger partial charge in [-0.3, -0.25) is 0 Å². The van der Waals surface area contributed by atoms with Crippen LogP contribution in [0.1, 0.15) is 23.6 Å². The molecule has 98 valence electrons.